The van der Waals surface area contributed by atoms with Gasteiger partial charge < -0.3 is 53.9 Å². The van der Waals surface area contributed by atoms with E-state index in [0.29, 0.717) is 50.3 Å². The maximum absolute atomic E-state index is 13.8. The fourth-order valence-corrected chi connectivity index (χ4v) is 10.7. The van der Waals surface area contributed by atoms with Gasteiger partial charge in [0.25, 0.3) is 5.56 Å². The van der Waals surface area contributed by atoms with Crippen LogP contribution in [0, 0.1) is 0 Å². The van der Waals surface area contributed by atoms with Crippen LogP contribution in [0.15, 0.2) is 41.2 Å². The lowest BCUT2D eigenvalue weighted by Gasteiger charge is -2.35. The van der Waals surface area contributed by atoms with Crippen molar-refractivity contribution in [3.8, 4) is 11.4 Å². The molecule has 18 heteroatoms. The molecule has 2 amide bonds. The Morgan fingerprint density at radius 2 is 1.45 bits per heavy atom. The Morgan fingerprint density at radius 3 is 2.12 bits per heavy atom. The summed E-state index contributed by atoms with van der Waals surface area (Å²) in [6.45, 7) is 4.92. The fraction of sp³-hybridized carbons (Fsp3) is 0.673. The maximum atomic E-state index is 13.8. The first-order valence-electron chi connectivity index (χ1n) is 27.5. The van der Waals surface area contributed by atoms with E-state index < -0.39 is 37.3 Å². The predicted molar refractivity (Wildman–Crippen MR) is 279 cm³/mol. The van der Waals surface area contributed by atoms with Crippen LogP contribution in [0.2, 0.25) is 0 Å². The van der Waals surface area contributed by atoms with Gasteiger partial charge in [0, 0.05) is 61.6 Å². The van der Waals surface area contributed by atoms with Gasteiger partial charge in [-0.25, -0.2) is 14.6 Å². The van der Waals surface area contributed by atoms with Crippen molar-refractivity contribution < 1.29 is 57.8 Å². The van der Waals surface area contributed by atoms with E-state index in [2.05, 4.69) is 23.3 Å². The van der Waals surface area contributed by atoms with Crippen LogP contribution in [0.4, 0.5) is 4.79 Å². The van der Waals surface area contributed by atoms with Crippen molar-refractivity contribution in [2.45, 2.75) is 193 Å². The molecule has 0 spiro atoms. The van der Waals surface area contributed by atoms with E-state index in [1.807, 2.05) is 30.3 Å². The Morgan fingerprint density at radius 1 is 0.822 bits per heavy atom. The summed E-state index contributed by atoms with van der Waals surface area (Å²) in [4.78, 5) is 82.9. The van der Waals surface area contributed by atoms with Gasteiger partial charge in [-0.3, -0.25) is 14.4 Å². The minimum Gasteiger partial charge on any atom is -0.778 e. The van der Waals surface area contributed by atoms with Crippen LogP contribution >= 0.6 is 7.60 Å². The molecular weight excluding hydrogens is 954 g/mol. The highest BCUT2D eigenvalue weighted by molar-refractivity contribution is 7.51. The molecule has 5 N–H and O–H groups in total. The minimum absolute atomic E-state index is 0.0190. The van der Waals surface area contributed by atoms with Crippen LogP contribution in [-0.4, -0.2) is 85.2 Å². The lowest BCUT2D eigenvalue weighted by Crippen LogP contribution is -2.50. The molecule has 2 aliphatic rings. The molecule has 0 saturated heterocycles. The van der Waals surface area contributed by atoms with Crippen molar-refractivity contribution in [3.05, 3.63) is 63.4 Å². The number of para-hydroxylation sites is 1. The third-order valence-corrected chi connectivity index (χ3v) is 15.2. The molecule has 0 saturated carbocycles. The predicted octanol–water partition coefficient (Wildman–Crippen LogP) is 8.66. The molecule has 0 bridgehead atoms. The summed E-state index contributed by atoms with van der Waals surface area (Å²) >= 11 is 0. The van der Waals surface area contributed by atoms with E-state index >= 15 is 0 Å². The van der Waals surface area contributed by atoms with Crippen LogP contribution < -0.4 is 26.8 Å². The van der Waals surface area contributed by atoms with E-state index in [4.69, 9.17) is 28.5 Å². The van der Waals surface area contributed by atoms with Crippen molar-refractivity contribution in [2.24, 2.45) is 0 Å². The molecule has 3 atom stereocenters. The number of cyclic esters (lactones) is 1. The third kappa shape index (κ3) is 19.2. The molecule has 406 valence electrons. The van der Waals surface area contributed by atoms with E-state index in [1.165, 1.54) is 77.0 Å². The molecule has 3 aromatic rings. The number of carbonyl (C=O) groups is 4. The zero-order valence-electron chi connectivity index (χ0n) is 43.8. The summed E-state index contributed by atoms with van der Waals surface area (Å²) in [5.41, 5.74) is 4.83. The number of aromatic nitrogens is 2. The number of carbonyl (C=O) groups excluding carboxylic acids is 4. The van der Waals surface area contributed by atoms with E-state index in [1.54, 1.807) is 17.6 Å². The number of esters is 2. The largest absolute Gasteiger partial charge is 0.778 e. The number of alkyl carbamates (subject to hydrolysis) is 1. The molecule has 5 rings (SSSR count). The second kappa shape index (κ2) is 31.9. The number of hydrogen-bond donors (Lipinski definition) is 3. The first kappa shape index (κ1) is 59.2. The lowest BCUT2D eigenvalue weighted by molar-refractivity contribution is -0.367. The smallest absolute Gasteiger partial charge is 0.408 e. The third-order valence-electron chi connectivity index (χ3n) is 13.8. The zero-order valence-corrected chi connectivity index (χ0v) is 44.7. The van der Waals surface area contributed by atoms with Gasteiger partial charge in [0.05, 0.1) is 48.8 Å². The van der Waals surface area contributed by atoms with Crippen LogP contribution in [0.1, 0.15) is 185 Å². The van der Waals surface area contributed by atoms with E-state index in [9.17, 15) is 33.4 Å². The van der Waals surface area contributed by atoms with Crippen molar-refractivity contribution in [1.29, 1.82) is 0 Å². The number of benzene rings is 1. The summed E-state index contributed by atoms with van der Waals surface area (Å²) in [7, 11) is -4.09. The highest BCUT2D eigenvalue weighted by Crippen LogP contribution is 2.41. The molecular formula is C55H84N5O12P. The van der Waals surface area contributed by atoms with Gasteiger partial charge in [-0.1, -0.05) is 141 Å². The summed E-state index contributed by atoms with van der Waals surface area (Å²) < 4.78 is 41.9. The number of hydrogen-bond acceptors (Lipinski definition) is 13. The number of unbranched alkanes of at least 4 members (excludes halogenated alkanes) is 18. The Kier molecular flexibility index (Phi) is 25.9. The number of rotatable bonds is 38. The summed E-state index contributed by atoms with van der Waals surface area (Å²) in [6.07, 6.45) is 21.6. The van der Waals surface area contributed by atoms with Gasteiger partial charge in [0.1, 0.15) is 20.3 Å². The molecule has 73 heavy (non-hydrogen) atoms. The van der Waals surface area contributed by atoms with Crippen LogP contribution in [-0.2, 0) is 61.2 Å². The highest BCUT2D eigenvalue weighted by Gasteiger charge is 2.50. The standard InChI is InChI=1S/C55H84N5O12P/c1-3-5-6-7-8-9-10-11-12-13-14-15-16-20-25-34-68-39-44(40-70-73(66,67)35-26-31-56)71-50(62)30-22-19-17-18-21-29-49(61)57-32-33-58-54(65)72-55(4-2)46-37-48-51-43(36-42-27-23-24-28-47(42)59-51)38-60(48)52(63)45(46)41-69-53(55)64/h23-24,27-28,36-37,44H,3-22,25-26,29-35,38-41,56H2,1-2H3,(H,57,61)(H,58,65)(H,66,67)/t44-,55-/m0/s1. The van der Waals surface area contributed by atoms with E-state index in [-0.39, 0.29) is 80.9 Å². The van der Waals surface area contributed by atoms with Crippen molar-refractivity contribution in [2.75, 3.05) is 45.6 Å². The van der Waals surface area contributed by atoms with Gasteiger partial charge in [0.2, 0.25) is 11.5 Å². The zero-order chi connectivity index (χ0) is 52.3. The number of quaternary nitrogens is 1. The number of fused-ring (bicyclic) bond motifs is 5. The first-order valence-corrected chi connectivity index (χ1v) is 29.2. The maximum Gasteiger partial charge on any atom is 0.408 e. The Bertz CT molecular complexity index is 2330. The molecule has 0 aliphatic carbocycles. The van der Waals surface area contributed by atoms with Crippen LogP contribution in [0.5, 0.6) is 0 Å². The quantitative estimate of drug-likeness (QED) is 0.0165. The van der Waals surface area contributed by atoms with Gasteiger partial charge >= 0.3 is 18.0 Å². The summed E-state index contributed by atoms with van der Waals surface area (Å²) in [5.74, 6) is -1.40. The van der Waals surface area contributed by atoms with Crippen LogP contribution in [0.3, 0.4) is 0 Å². The highest BCUT2D eigenvalue weighted by atomic mass is 31.2. The van der Waals surface area contributed by atoms with Crippen molar-refractivity contribution in [3.63, 3.8) is 0 Å². The average Bonchev–Trinajstić information content (AvgIpc) is 3.74. The SMILES string of the molecule is CCCCCCCCCCCCCCCCCOC[C@@H](COP(=O)([O-])CCC[NH3+])OC(=O)CCCCCCCC(=O)NCCNC(=O)O[C@]1(CC)C(=O)OCc2c1cc1n(c2=O)Cc2cc3ccccc3nc2-1. The van der Waals surface area contributed by atoms with Gasteiger partial charge in [0.15, 0.2) is 0 Å². The number of ether oxygens (including phenoxy) is 4. The topological polar surface area (TPSA) is 241 Å². The molecule has 1 aromatic carbocycles. The second-order valence-corrected chi connectivity index (χ2v) is 21.6. The number of amides is 2. The number of nitrogens with one attached hydrogen (secondary N) is 2. The number of nitrogens with zero attached hydrogens (tertiary/aromatic N) is 2. The Hall–Kier alpha value is -4.67. The molecule has 1 unspecified atom stereocenters. The molecule has 2 aromatic heterocycles. The summed E-state index contributed by atoms with van der Waals surface area (Å²) in [6, 6.07) is 11.4. The monoisotopic (exact) mass is 1040 g/mol. The molecule has 2 aliphatic heterocycles. The number of pyridine rings is 2. The summed E-state index contributed by atoms with van der Waals surface area (Å²) in [5, 5.41) is 6.34. The van der Waals surface area contributed by atoms with Crippen LogP contribution in [0.25, 0.3) is 22.3 Å². The lowest BCUT2D eigenvalue weighted by atomic mass is 9.85. The molecule has 17 nitrogen and oxygen atoms in total. The van der Waals surface area contributed by atoms with E-state index in [0.717, 1.165) is 55.0 Å². The van der Waals surface area contributed by atoms with Gasteiger partial charge in [-0.05, 0) is 43.9 Å². The van der Waals surface area contributed by atoms with Gasteiger partial charge in [-0.15, -0.1) is 0 Å². The molecule has 0 radical (unpaired) electrons. The Labute approximate surface area is 432 Å². The molecule has 4 heterocycles. The van der Waals surface area contributed by atoms with Crippen molar-refractivity contribution >= 4 is 42.4 Å². The Balaban J connectivity index is 0.929. The minimum atomic E-state index is -4.09. The average molecular weight is 1040 g/mol. The van der Waals surface area contributed by atoms with Gasteiger partial charge in [-0.2, -0.15) is 0 Å². The van der Waals surface area contributed by atoms with Crippen molar-refractivity contribution in [1.82, 2.24) is 20.2 Å². The fourth-order valence-electron chi connectivity index (χ4n) is 9.53. The molecule has 0 fully saturated rings. The second-order valence-electron chi connectivity index (χ2n) is 19.7. The first-order chi connectivity index (χ1) is 35.4. The normalized spacial score (nSPS) is 16.0.